The van der Waals surface area contributed by atoms with Crippen molar-refractivity contribution in [3.63, 3.8) is 0 Å². The monoisotopic (exact) mass is 357 g/mol. The molecule has 2 rings (SSSR count). The number of furan rings is 1. The number of hydrogen-bond acceptors (Lipinski definition) is 3. The van der Waals surface area contributed by atoms with E-state index >= 15 is 0 Å². The van der Waals surface area contributed by atoms with E-state index in [-0.39, 0.29) is 0 Å². The molecule has 0 bridgehead atoms. The summed E-state index contributed by atoms with van der Waals surface area (Å²) in [5.41, 5.74) is 1.76. The van der Waals surface area contributed by atoms with Crippen molar-refractivity contribution in [2.75, 3.05) is 0 Å². The topological polar surface area (TPSA) is 36.6 Å². The van der Waals surface area contributed by atoms with Crippen molar-refractivity contribution in [2.24, 2.45) is 0 Å². The molecule has 0 atom stereocenters. The van der Waals surface area contributed by atoms with Crippen molar-refractivity contribution in [1.29, 1.82) is 0 Å². The second-order valence-electron chi connectivity index (χ2n) is 7.78. The van der Waals surface area contributed by atoms with Crippen LogP contribution in [-0.4, -0.2) is 16.0 Å². The molecule has 0 fully saturated rings. The first-order valence-electron chi connectivity index (χ1n) is 9.99. The van der Waals surface area contributed by atoms with Crippen molar-refractivity contribution < 1.29 is 9.52 Å². The van der Waals surface area contributed by atoms with E-state index in [1.807, 2.05) is 12.1 Å². The van der Waals surface area contributed by atoms with E-state index in [0.29, 0.717) is 6.04 Å². The summed E-state index contributed by atoms with van der Waals surface area (Å²) < 4.78 is 6.10. The Kier molecular flexibility index (Phi) is 7.48. The highest BCUT2D eigenvalue weighted by Crippen LogP contribution is 2.33. The Morgan fingerprint density at radius 1 is 0.962 bits per heavy atom. The number of hydrogen-bond donors (Lipinski definition) is 1. The third kappa shape index (κ3) is 5.46. The zero-order chi connectivity index (χ0) is 19.2. The average Bonchev–Trinajstić information content (AvgIpc) is 3.06. The minimum absolute atomic E-state index is 0.412. The van der Waals surface area contributed by atoms with Crippen LogP contribution < -0.4 is 0 Å². The van der Waals surface area contributed by atoms with Gasteiger partial charge in [0.25, 0.3) is 0 Å². The summed E-state index contributed by atoms with van der Waals surface area (Å²) in [6.45, 7) is 12.4. The normalized spacial score (nSPS) is 12.3. The first kappa shape index (κ1) is 20.7. The van der Waals surface area contributed by atoms with Crippen LogP contribution in [0.1, 0.15) is 76.0 Å². The van der Waals surface area contributed by atoms with Crippen molar-refractivity contribution in [1.82, 2.24) is 4.90 Å². The van der Waals surface area contributed by atoms with E-state index in [2.05, 4.69) is 63.8 Å². The third-order valence-corrected chi connectivity index (χ3v) is 5.04. The van der Waals surface area contributed by atoms with Crippen LogP contribution in [0.3, 0.4) is 0 Å². The molecule has 0 amide bonds. The smallest absolute Gasteiger partial charge is 0.135 e. The lowest BCUT2D eigenvalue weighted by Crippen LogP contribution is -2.29. The molecule has 3 heteroatoms. The molecule has 0 saturated heterocycles. The Morgan fingerprint density at radius 3 is 2.12 bits per heavy atom. The molecule has 1 heterocycles. The second-order valence-corrected chi connectivity index (χ2v) is 7.78. The number of benzene rings is 1. The predicted molar refractivity (Wildman–Crippen MR) is 108 cm³/mol. The van der Waals surface area contributed by atoms with Gasteiger partial charge in [0.05, 0.1) is 6.54 Å². The standard InChI is InChI=1S/C23H35NO2/c1-6-14-23(25,15-7-2)22-13-12-21(26-22)17-24(18(3)4)16-20-10-8-19(5)9-11-20/h8-13,18,25H,6-7,14-17H2,1-5H3. The Balaban J connectivity index is 2.12. The predicted octanol–water partition coefficient (Wildman–Crippen LogP) is 5.79. The summed E-state index contributed by atoms with van der Waals surface area (Å²) in [5, 5.41) is 11.0. The van der Waals surface area contributed by atoms with Crippen LogP contribution in [0, 0.1) is 6.92 Å². The van der Waals surface area contributed by atoms with Gasteiger partial charge in [-0.25, -0.2) is 0 Å². The number of aryl methyl sites for hydroxylation is 1. The van der Waals surface area contributed by atoms with Crippen LogP contribution in [0.15, 0.2) is 40.8 Å². The lowest BCUT2D eigenvalue weighted by atomic mass is 9.90. The van der Waals surface area contributed by atoms with Gasteiger partial charge in [0, 0.05) is 12.6 Å². The number of nitrogens with zero attached hydrogens (tertiary/aromatic N) is 1. The summed E-state index contributed by atoms with van der Waals surface area (Å²) in [6, 6.07) is 13.1. The van der Waals surface area contributed by atoms with E-state index in [1.165, 1.54) is 11.1 Å². The summed E-state index contributed by atoms with van der Waals surface area (Å²) in [7, 11) is 0. The SMILES string of the molecule is CCCC(O)(CCC)c1ccc(CN(Cc2ccc(C)cc2)C(C)C)o1. The minimum atomic E-state index is -0.832. The van der Waals surface area contributed by atoms with Gasteiger partial charge >= 0.3 is 0 Å². The maximum atomic E-state index is 11.0. The molecule has 0 aliphatic heterocycles. The summed E-state index contributed by atoms with van der Waals surface area (Å²) in [4.78, 5) is 2.39. The molecule has 0 aliphatic rings. The first-order valence-corrected chi connectivity index (χ1v) is 9.99. The third-order valence-electron chi connectivity index (χ3n) is 5.04. The van der Waals surface area contributed by atoms with Crippen molar-refractivity contribution >= 4 is 0 Å². The second kappa shape index (κ2) is 9.38. The molecule has 0 radical (unpaired) electrons. The number of aliphatic hydroxyl groups is 1. The fraction of sp³-hybridized carbons (Fsp3) is 0.565. The van der Waals surface area contributed by atoms with Crippen molar-refractivity contribution in [3.8, 4) is 0 Å². The Bertz CT molecular complexity index is 651. The van der Waals surface area contributed by atoms with Crippen molar-refractivity contribution in [3.05, 3.63) is 59.0 Å². The fourth-order valence-electron chi connectivity index (χ4n) is 3.46. The van der Waals surface area contributed by atoms with Crippen LogP contribution >= 0.6 is 0 Å². The van der Waals surface area contributed by atoms with E-state index in [0.717, 1.165) is 50.3 Å². The molecule has 0 aliphatic carbocycles. The van der Waals surface area contributed by atoms with Crippen LogP contribution in [0.25, 0.3) is 0 Å². The van der Waals surface area contributed by atoms with E-state index in [9.17, 15) is 5.11 Å². The Hall–Kier alpha value is -1.58. The molecule has 0 spiro atoms. The van der Waals surface area contributed by atoms with E-state index in [4.69, 9.17) is 4.42 Å². The molecular formula is C23H35NO2. The van der Waals surface area contributed by atoms with Gasteiger partial charge in [0.15, 0.2) is 0 Å². The average molecular weight is 358 g/mol. The van der Waals surface area contributed by atoms with Gasteiger partial charge in [-0.3, -0.25) is 4.90 Å². The van der Waals surface area contributed by atoms with Gasteiger partial charge in [-0.2, -0.15) is 0 Å². The summed E-state index contributed by atoms with van der Waals surface area (Å²) in [5.74, 6) is 1.64. The summed E-state index contributed by atoms with van der Waals surface area (Å²) in [6.07, 6.45) is 3.37. The highest BCUT2D eigenvalue weighted by molar-refractivity contribution is 5.21. The zero-order valence-electron chi connectivity index (χ0n) is 17.1. The maximum absolute atomic E-state index is 11.0. The fourth-order valence-corrected chi connectivity index (χ4v) is 3.46. The molecule has 1 N–H and O–H groups in total. The molecule has 2 aromatic rings. The Morgan fingerprint density at radius 2 is 1.58 bits per heavy atom. The van der Waals surface area contributed by atoms with Gasteiger partial charge in [0.2, 0.25) is 0 Å². The molecule has 0 unspecified atom stereocenters. The molecule has 144 valence electrons. The van der Waals surface area contributed by atoms with Crippen molar-refractivity contribution in [2.45, 2.75) is 85.0 Å². The van der Waals surface area contributed by atoms with Gasteiger partial charge in [-0.15, -0.1) is 0 Å². The van der Waals surface area contributed by atoms with E-state index < -0.39 is 5.60 Å². The quantitative estimate of drug-likeness (QED) is 0.585. The number of rotatable bonds is 10. The zero-order valence-corrected chi connectivity index (χ0v) is 17.1. The van der Waals surface area contributed by atoms with Gasteiger partial charge in [0.1, 0.15) is 17.1 Å². The van der Waals surface area contributed by atoms with Gasteiger partial charge in [-0.05, 0) is 51.3 Å². The molecule has 1 aromatic carbocycles. The molecule has 0 saturated carbocycles. The molecule has 26 heavy (non-hydrogen) atoms. The lowest BCUT2D eigenvalue weighted by molar-refractivity contribution is -0.00538. The Labute approximate surface area is 159 Å². The van der Waals surface area contributed by atoms with Gasteiger partial charge < -0.3 is 9.52 Å². The maximum Gasteiger partial charge on any atom is 0.135 e. The van der Waals surface area contributed by atoms with Crippen LogP contribution in [0.5, 0.6) is 0 Å². The molecular weight excluding hydrogens is 322 g/mol. The first-order chi connectivity index (χ1) is 12.4. The highest BCUT2D eigenvalue weighted by Gasteiger charge is 2.31. The largest absolute Gasteiger partial charge is 0.462 e. The minimum Gasteiger partial charge on any atom is -0.462 e. The molecule has 1 aromatic heterocycles. The summed E-state index contributed by atoms with van der Waals surface area (Å²) >= 11 is 0. The highest BCUT2D eigenvalue weighted by atomic mass is 16.4. The van der Waals surface area contributed by atoms with E-state index in [1.54, 1.807) is 0 Å². The van der Waals surface area contributed by atoms with Crippen LogP contribution in [0.2, 0.25) is 0 Å². The lowest BCUT2D eigenvalue weighted by Gasteiger charge is -2.27. The molecule has 3 nitrogen and oxygen atoms in total. The van der Waals surface area contributed by atoms with Gasteiger partial charge in [-0.1, -0.05) is 56.5 Å². The van der Waals surface area contributed by atoms with Crippen LogP contribution in [-0.2, 0) is 18.7 Å². The van der Waals surface area contributed by atoms with Crippen LogP contribution in [0.4, 0.5) is 0 Å².